The first-order valence-electron chi connectivity index (χ1n) is 5.79. The van der Waals surface area contributed by atoms with Crippen LogP contribution in [-0.2, 0) is 0 Å². The van der Waals surface area contributed by atoms with Crippen molar-refractivity contribution in [2.75, 3.05) is 11.1 Å². The lowest BCUT2D eigenvalue weighted by Crippen LogP contribution is -2.14. The lowest BCUT2D eigenvalue weighted by Gasteiger charge is -2.04. The maximum Gasteiger partial charge on any atom is 0.258 e. The molecule has 1 heterocycles. The zero-order chi connectivity index (χ0) is 13.1. The van der Waals surface area contributed by atoms with Crippen molar-refractivity contribution in [3.8, 4) is 0 Å². The van der Waals surface area contributed by atoms with E-state index in [0.29, 0.717) is 23.0 Å². The number of hydrogen-bond acceptors (Lipinski definition) is 3. The summed E-state index contributed by atoms with van der Waals surface area (Å²) in [7, 11) is 0. The Bertz CT molecular complexity index is 560. The number of benzene rings is 1. The van der Waals surface area contributed by atoms with Crippen molar-refractivity contribution in [2.45, 2.75) is 19.8 Å². The highest BCUT2D eigenvalue weighted by Crippen LogP contribution is 2.17. The Hall–Kier alpha value is -2.30. The van der Waals surface area contributed by atoms with Gasteiger partial charge < -0.3 is 11.1 Å². The number of nitrogens with zero attached hydrogens (tertiary/aromatic N) is 1. The summed E-state index contributed by atoms with van der Waals surface area (Å²) in [4.78, 5) is 12.0. The van der Waals surface area contributed by atoms with Crippen LogP contribution in [0.25, 0.3) is 0 Å². The highest BCUT2D eigenvalue weighted by Gasteiger charge is 2.11. The van der Waals surface area contributed by atoms with Crippen LogP contribution in [0.4, 0.5) is 11.5 Å². The molecular formula is C13H16N4O. The zero-order valence-electron chi connectivity index (χ0n) is 10.4. The second kappa shape index (κ2) is 4.91. The minimum Gasteiger partial charge on any atom is -0.398 e. The third-order valence-electron chi connectivity index (χ3n) is 2.67. The van der Waals surface area contributed by atoms with E-state index in [4.69, 9.17) is 5.73 Å². The number of hydrogen-bond donors (Lipinski definition) is 3. The number of H-pyrrole nitrogens is 1. The zero-order valence-corrected chi connectivity index (χ0v) is 10.4. The Kier molecular flexibility index (Phi) is 3.32. The standard InChI is InChI=1S/C13H16N4O/c1-8(2)11-7-12(17-16-11)15-13(18)9-5-3-4-6-10(9)14/h3-8H,14H2,1-2H3,(H2,15,16,17,18). The molecule has 0 aliphatic heterocycles. The minimum absolute atomic E-state index is 0.255. The van der Waals surface area contributed by atoms with Gasteiger partial charge in [0, 0.05) is 17.4 Å². The van der Waals surface area contributed by atoms with Crippen LogP contribution in [0.15, 0.2) is 30.3 Å². The van der Waals surface area contributed by atoms with Crippen LogP contribution < -0.4 is 11.1 Å². The van der Waals surface area contributed by atoms with Gasteiger partial charge in [0.2, 0.25) is 0 Å². The molecule has 0 atom stereocenters. The van der Waals surface area contributed by atoms with Crippen LogP contribution in [-0.4, -0.2) is 16.1 Å². The van der Waals surface area contributed by atoms with E-state index >= 15 is 0 Å². The number of anilines is 2. The van der Waals surface area contributed by atoms with Crippen molar-refractivity contribution in [3.63, 3.8) is 0 Å². The van der Waals surface area contributed by atoms with Gasteiger partial charge in [0.1, 0.15) is 0 Å². The van der Waals surface area contributed by atoms with E-state index in [2.05, 4.69) is 15.5 Å². The molecular weight excluding hydrogens is 228 g/mol. The number of carbonyl (C=O) groups excluding carboxylic acids is 1. The van der Waals surface area contributed by atoms with Crippen LogP contribution in [0.2, 0.25) is 0 Å². The molecule has 0 spiro atoms. The second-order valence-electron chi connectivity index (χ2n) is 4.40. The first-order valence-corrected chi connectivity index (χ1v) is 5.79. The smallest absolute Gasteiger partial charge is 0.258 e. The number of carbonyl (C=O) groups is 1. The predicted octanol–water partition coefficient (Wildman–Crippen LogP) is 2.37. The Morgan fingerprint density at radius 2 is 2.11 bits per heavy atom. The molecule has 0 fully saturated rings. The lowest BCUT2D eigenvalue weighted by atomic mass is 10.1. The molecule has 1 aromatic heterocycles. The summed E-state index contributed by atoms with van der Waals surface area (Å²) in [5.74, 6) is 0.590. The van der Waals surface area contributed by atoms with E-state index in [1.54, 1.807) is 24.3 Å². The maximum absolute atomic E-state index is 12.0. The van der Waals surface area contributed by atoms with Gasteiger partial charge in [-0.2, -0.15) is 5.10 Å². The lowest BCUT2D eigenvalue weighted by molar-refractivity contribution is 0.102. The third-order valence-corrected chi connectivity index (χ3v) is 2.67. The van der Waals surface area contributed by atoms with Crippen molar-refractivity contribution in [3.05, 3.63) is 41.6 Å². The SMILES string of the molecule is CC(C)c1cc(NC(=O)c2ccccc2N)n[nH]1. The van der Waals surface area contributed by atoms with Gasteiger partial charge in [0.15, 0.2) is 5.82 Å². The largest absolute Gasteiger partial charge is 0.398 e. The van der Waals surface area contributed by atoms with E-state index in [0.717, 1.165) is 5.69 Å². The number of nitrogens with one attached hydrogen (secondary N) is 2. The van der Waals surface area contributed by atoms with E-state index < -0.39 is 0 Å². The number of rotatable bonds is 3. The summed E-state index contributed by atoms with van der Waals surface area (Å²) in [6.07, 6.45) is 0. The maximum atomic E-state index is 12.0. The highest BCUT2D eigenvalue weighted by molar-refractivity contribution is 6.07. The minimum atomic E-state index is -0.255. The van der Waals surface area contributed by atoms with E-state index in [1.165, 1.54) is 0 Å². The number of aromatic nitrogens is 2. The molecule has 5 nitrogen and oxygen atoms in total. The van der Waals surface area contributed by atoms with Crippen molar-refractivity contribution in [1.29, 1.82) is 0 Å². The molecule has 0 unspecified atom stereocenters. The summed E-state index contributed by atoms with van der Waals surface area (Å²) in [5.41, 5.74) is 7.62. The fourth-order valence-corrected chi connectivity index (χ4v) is 1.58. The Balaban J connectivity index is 2.14. The van der Waals surface area contributed by atoms with E-state index in [1.807, 2.05) is 19.9 Å². The normalized spacial score (nSPS) is 10.6. The van der Waals surface area contributed by atoms with Crippen LogP contribution >= 0.6 is 0 Å². The Morgan fingerprint density at radius 1 is 1.39 bits per heavy atom. The number of nitrogen functional groups attached to an aromatic ring is 1. The van der Waals surface area contributed by atoms with Crippen LogP contribution in [0, 0.1) is 0 Å². The summed E-state index contributed by atoms with van der Waals surface area (Å²) >= 11 is 0. The average molecular weight is 244 g/mol. The number of nitrogens with two attached hydrogens (primary N) is 1. The fourth-order valence-electron chi connectivity index (χ4n) is 1.58. The highest BCUT2D eigenvalue weighted by atomic mass is 16.1. The molecule has 1 aromatic carbocycles. The predicted molar refractivity (Wildman–Crippen MR) is 71.5 cm³/mol. The van der Waals surface area contributed by atoms with E-state index in [9.17, 15) is 4.79 Å². The van der Waals surface area contributed by atoms with Gasteiger partial charge in [0.25, 0.3) is 5.91 Å². The molecule has 0 aliphatic rings. The molecule has 4 N–H and O–H groups in total. The van der Waals surface area contributed by atoms with Crippen LogP contribution in [0.3, 0.4) is 0 Å². The molecule has 0 saturated carbocycles. The molecule has 0 saturated heterocycles. The molecule has 2 rings (SSSR count). The van der Waals surface area contributed by atoms with Gasteiger partial charge in [-0.05, 0) is 18.1 Å². The van der Waals surface area contributed by atoms with Gasteiger partial charge in [-0.15, -0.1) is 0 Å². The molecule has 0 bridgehead atoms. The topological polar surface area (TPSA) is 83.8 Å². The third kappa shape index (κ3) is 2.51. The molecule has 0 radical (unpaired) electrons. The van der Waals surface area contributed by atoms with Gasteiger partial charge in [0.05, 0.1) is 5.56 Å². The monoisotopic (exact) mass is 244 g/mol. The van der Waals surface area contributed by atoms with E-state index in [-0.39, 0.29) is 5.91 Å². The molecule has 0 aliphatic carbocycles. The van der Waals surface area contributed by atoms with Crippen molar-refractivity contribution >= 4 is 17.4 Å². The Morgan fingerprint density at radius 3 is 2.72 bits per heavy atom. The van der Waals surface area contributed by atoms with Crippen LogP contribution in [0.1, 0.15) is 35.8 Å². The van der Waals surface area contributed by atoms with Gasteiger partial charge in [-0.3, -0.25) is 9.89 Å². The number of para-hydroxylation sites is 1. The van der Waals surface area contributed by atoms with Crippen molar-refractivity contribution < 1.29 is 4.79 Å². The Labute approximate surface area is 105 Å². The number of amides is 1. The molecule has 5 heteroatoms. The van der Waals surface area contributed by atoms with Crippen molar-refractivity contribution in [2.24, 2.45) is 0 Å². The molecule has 2 aromatic rings. The summed E-state index contributed by atoms with van der Waals surface area (Å²) in [6.45, 7) is 4.10. The quantitative estimate of drug-likeness (QED) is 0.725. The first-order chi connectivity index (χ1) is 8.58. The fraction of sp³-hybridized carbons (Fsp3) is 0.231. The molecule has 94 valence electrons. The average Bonchev–Trinajstić information content (AvgIpc) is 2.78. The van der Waals surface area contributed by atoms with Crippen LogP contribution in [0.5, 0.6) is 0 Å². The van der Waals surface area contributed by atoms with Gasteiger partial charge in [-0.1, -0.05) is 26.0 Å². The van der Waals surface area contributed by atoms with Gasteiger partial charge >= 0.3 is 0 Å². The second-order valence-corrected chi connectivity index (χ2v) is 4.40. The first kappa shape index (κ1) is 12.2. The molecule has 18 heavy (non-hydrogen) atoms. The molecule has 1 amide bonds. The summed E-state index contributed by atoms with van der Waals surface area (Å²) in [5, 5.41) is 9.63. The van der Waals surface area contributed by atoms with Gasteiger partial charge in [-0.25, -0.2) is 0 Å². The summed E-state index contributed by atoms with van der Waals surface area (Å²) in [6, 6.07) is 8.76. The number of aromatic amines is 1. The summed E-state index contributed by atoms with van der Waals surface area (Å²) < 4.78 is 0. The van der Waals surface area contributed by atoms with Crippen molar-refractivity contribution in [1.82, 2.24) is 10.2 Å².